The molecule has 0 spiro atoms. The van der Waals surface area contributed by atoms with Gasteiger partial charge in [0, 0.05) is 18.8 Å². The zero-order valence-electron chi connectivity index (χ0n) is 10.8. The largest absolute Gasteiger partial charge is 0.390 e. The normalized spacial score (nSPS) is 30.4. The van der Waals surface area contributed by atoms with E-state index in [0.717, 1.165) is 6.42 Å². The Labute approximate surface area is 104 Å². The van der Waals surface area contributed by atoms with E-state index < -0.39 is 15.4 Å². The van der Waals surface area contributed by atoms with Crippen molar-refractivity contribution in [3.05, 3.63) is 0 Å². The summed E-state index contributed by atoms with van der Waals surface area (Å²) in [7, 11) is -2.91. The maximum Gasteiger partial charge on any atom is 0.150 e. The number of hydrogen-bond acceptors (Lipinski definition) is 4. The van der Waals surface area contributed by atoms with E-state index in [-0.39, 0.29) is 17.6 Å². The van der Waals surface area contributed by atoms with Gasteiger partial charge in [-0.15, -0.1) is 0 Å². The van der Waals surface area contributed by atoms with Gasteiger partial charge in [-0.05, 0) is 25.7 Å². The van der Waals surface area contributed by atoms with Crippen LogP contribution in [0.3, 0.4) is 0 Å². The van der Waals surface area contributed by atoms with Gasteiger partial charge in [-0.3, -0.25) is 0 Å². The lowest BCUT2D eigenvalue weighted by atomic mass is 9.86. The lowest BCUT2D eigenvalue weighted by Gasteiger charge is -2.36. The third-order valence-corrected chi connectivity index (χ3v) is 5.31. The highest BCUT2D eigenvalue weighted by Gasteiger charge is 2.34. The Bertz CT molecular complexity index is 325. The van der Waals surface area contributed by atoms with Gasteiger partial charge in [0.15, 0.2) is 0 Å². The van der Waals surface area contributed by atoms with Gasteiger partial charge in [-0.2, -0.15) is 0 Å². The summed E-state index contributed by atoms with van der Waals surface area (Å²) in [4.78, 5) is 0. The molecule has 1 fully saturated rings. The predicted molar refractivity (Wildman–Crippen MR) is 67.8 cm³/mol. The second-order valence-electron chi connectivity index (χ2n) is 4.92. The fourth-order valence-electron chi connectivity index (χ4n) is 2.26. The van der Waals surface area contributed by atoms with Crippen molar-refractivity contribution in [3.63, 3.8) is 0 Å². The molecule has 5 heteroatoms. The van der Waals surface area contributed by atoms with Gasteiger partial charge in [0.25, 0.3) is 0 Å². The van der Waals surface area contributed by atoms with Crippen molar-refractivity contribution in [2.45, 2.75) is 57.7 Å². The lowest BCUT2D eigenvalue weighted by Crippen LogP contribution is -2.40. The average molecular weight is 264 g/mol. The summed E-state index contributed by atoms with van der Waals surface area (Å²) in [6.07, 6.45) is 3.38. The zero-order valence-corrected chi connectivity index (χ0v) is 11.6. The van der Waals surface area contributed by atoms with E-state index >= 15 is 0 Å². The SMILES string of the molecule is CCC1CC(O)(CCCS(=O)(=O)CC)CCO1. The van der Waals surface area contributed by atoms with Crippen LogP contribution in [0.1, 0.15) is 46.0 Å². The molecule has 0 aromatic heterocycles. The van der Waals surface area contributed by atoms with Gasteiger partial charge in [-0.25, -0.2) is 8.42 Å². The molecule has 102 valence electrons. The van der Waals surface area contributed by atoms with Crippen molar-refractivity contribution < 1.29 is 18.3 Å². The Kier molecular flexibility index (Phi) is 5.41. The summed E-state index contributed by atoms with van der Waals surface area (Å²) in [5.74, 6) is 0.371. The maximum absolute atomic E-state index is 11.4. The van der Waals surface area contributed by atoms with E-state index in [1.54, 1.807) is 6.92 Å². The Morgan fingerprint density at radius 3 is 2.71 bits per heavy atom. The zero-order chi connectivity index (χ0) is 12.9. The molecular formula is C12H24O4S. The van der Waals surface area contributed by atoms with Gasteiger partial charge in [0.2, 0.25) is 0 Å². The molecule has 1 saturated heterocycles. The number of sulfone groups is 1. The van der Waals surface area contributed by atoms with Crippen molar-refractivity contribution in [2.75, 3.05) is 18.1 Å². The molecule has 0 aromatic rings. The first-order valence-corrected chi connectivity index (χ1v) is 8.27. The topological polar surface area (TPSA) is 63.6 Å². The molecule has 2 atom stereocenters. The molecule has 2 unspecified atom stereocenters. The molecule has 0 saturated carbocycles. The van der Waals surface area contributed by atoms with E-state index in [2.05, 4.69) is 0 Å². The van der Waals surface area contributed by atoms with Crippen LogP contribution < -0.4 is 0 Å². The molecule has 1 rings (SSSR count). The van der Waals surface area contributed by atoms with Gasteiger partial charge in [0.05, 0.1) is 17.5 Å². The van der Waals surface area contributed by atoms with Crippen LogP contribution in [0.25, 0.3) is 0 Å². The summed E-state index contributed by atoms with van der Waals surface area (Å²) in [5.41, 5.74) is -0.720. The van der Waals surface area contributed by atoms with E-state index in [1.807, 2.05) is 6.92 Å². The van der Waals surface area contributed by atoms with Crippen LogP contribution in [0.5, 0.6) is 0 Å². The number of rotatable bonds is 6. The fourth-order valence-corrected chi connectivity index (χ4v) is 3.13. The minimum atomic E-state index is -2.91. The highest BCUT2D eigenvalue weighted by molar-refractivity contribution is 7.91. The molecule has 1 aliphatic rings. The molecule has 1 heterocycles. The minimum Gasteiger partial charge on any atom is -0.390 e. The monoisotopic (exact) mass is 264 g/mol. The first kappa shape index (κ1) is 14.9. The number of ether oxygens (including phenoxy) is 1. The highest BCUT2D eigenvalue weighted by Crippen LogP contribution is 2.30. The van der Waals surface area contributed by atoms with Gasteiger partial charge in [0.1, 0.15) is 9.84 Å². The fraction of sp³-hybridized carbons (Fsp3) is 1.00. The summed E-state index contributed by atoms with van der Waals surface area (Å²) in [6.45, 7) is 4.28. The summed E-state index contributed by atoms with van der Waals surface area (Å²) < 4.78 is 28.2. The van der Waals surface area contributed by atoms with E-state index in [0.29, 0.717) is 32.3 Å². The third-order valence-electron chi connectivity index (χ3n) is 3.52. The first-order chi connectivity index (χ1) is 7.91. The van der Waals surface area contributed by atoms with Gasteiger partial charge < -0.3 is 9.84 Å². The smallest absolute Gasteiger partial charge is 0.150 e. The molecule has 17 heavy (non-hydrogen) atoms. The van der Waals surface area contributed by atoms with Crippen LogP contribution in [0.15, 0.2) is 0 Å². The first-order valence-electron chi connectivity index (χ1n) is 6.45. The molecule has 1 aliphatic heterocycles. The minimum absolute atomic E-state index is 0.122. The average Bonchev–Trinajstić information content (AvgIpc) is 2.28. The number of aliphatic hydroxyl groups is 1. The van der Waals surface area contributed by atoms with Crippen LogP contribution in [-0.2, 0) is 14.6 Å². The standard InChI is InChI=1S/C12H24O4S/c1-3-11-10-12(13,7-8-16-11)6-5-9-17(14,15)4-2/h11,13H,3-10H2,1-2H3. The second kappa shape index (κ2) is 6.16. The highest BCUT2D eigenvalue weighted by atomic mass is 32.2. The van der Waals surface area contributed by atoms with E-state index in [4.69, 9.17) is 4.74 Å². The van der Waals surface area contributed by atoms with Crippen molar-refractivity contribution in [1.82, 2.24) is 0 Å². The predicted octanol–water partition coefficient (Wildman–Crippen LogP) is 1.52. The van der Waals surface area contributed by atoms with E-state index in [1.165, 1.54) is 0 Å². The second-order valence-corrected chi connectivity index (χ2v) is 7.39. The van der Waals surface area contributed by atoms with Gasteiger partial charge >= 0.3 is 0 Å². The van der Waals surface area contributed by atoms with Crippen molar-refractivity contribution in [2.24, 2.45) is 0 Å². The molecule has 0 amide bonds. The Morgan fingerprint density at radius 1 is 1.41 bits per heavy atom. The maximum atomic E-state index is 11.4. The molecule has 1 N–H and O–H groups in total. The van der Waals surface area contributed by atoms with Crippen LogP contribution in [-0.4, -0.2) is 43.3 Å². The summed E-state index contributed by atoms with van der Waals surface area (Å²) in [6, 6.07) is 0. The van der Waals surface area contributed by atoms with Crippen molar-refractivity contribution >= 4 is 9.84 Å². The summed E-state index contributed by atoms with van der Waals surface area (Å²) >= 11 is 0. The Balaban J connectivity index is 2.39. The Hall–Kier alpha value is -0.130. The molecule has 4 nitrogen and oxygen atoms in total. The van der Waals surface area contributed by atoms with E-state index in [9.17, 15) is 13.5 Å². The van der Waals surface area contributed by atoms with Gasteiger partial charge in [-0.1, -0.05) is 13.8 Å². The quantitative estimate of drug-likeness (QED) is 0.790. The Morgan fingerprint density at radius 2 is 2.12 bits per heavy atom. The third kappa shape index (κ3) is 4.94. The summed E-state index contributed by atoms with van der Waals surface area (Å²) in [5, 5.41) is 10.4. The molecule has 0 bridgehead atoms. The number of hydrogen-bond donors (Lipinski definition) is 1. The van der Waals surface area contributed by atoms with Crippen LogP contribution in [0.2, 0.25) is 0 Å². The molecule has 0 aromatic carbocycles. The van der Waals surface area contributed by atoms with Crippen LogP contribution >= 0.6 is 0 Å². The van der Waals surface area contributed by atoms with Crippen molar-refractivity contribution in [3.8, 4) is 0 Å². The lowest BCUT2D eigenvalue weighted by molar-refractivity contribution is -0.107. The van der Waals surface area contributed by atoms with Crippen LogP contribution in [0, 0.1) is 0 Å². The molecule has 0 aliphatic carbocycles. The van der Waals surface area contributed by atoms with Crippen molar-refractivity contribution in [1.29, 1.82) is 0 Å². The molecular weight excluding hydrogens is 240 g/mol. The molecule has 0 radical (unpaired) electrons. The van der Waals surface area contributed by atoms with Crippen LogP contribution in [0.4, 0.5) is 0 Å².